The largest absolute Gasteiger partial charge is 0.343 e. The molecule has 2 unspecified atom stereocenters. The Hall–Kier alpha value is -0.530. The molecule has 1 aliphatic rings. The van der Waals surface area contributed by atoms with E-state index < -0.39 is 0 Å². The van der Waals surface area contributed by atoms with E-state index in [1.165, 1.54) is 12.8 Å². The van der Waals surface area contributed by atoms with Gasteiger partial charge in [0.05, 0.1) is 0 Å². The van der Waals surface area contributed by atoms with Crippen LogP contribution in [0, 0.1) is 5.92 Å². The molecule has 2 nitrogen and oxygen atoms in total. The Bertz CT molecular complexity index is 133. The molecule has 0 aromatic carbocycles. The Labute approximate surface area is 62.0 Å². The van der Waals surface area contributed by atoms with Crippen LogP contribution in [0.1, 0.15) is 33.1 Å². The summed E-state index contributed by atoms with van der Waals surface area (Å²) < 4.78 is 0. The standard InChI is InChI=1S/C8H15NO/c1-3-6(2)4-5-7-8(10)9-7/h6-7H,3-5H2,1-2H3,(H,9,10). The zero-order valence-electron chi connectivity index (χ0n) is 6.68. The third-order valence-corrected chi connectivity index (χ3v) is 2.19. The lowest BCUT2D eigenvalue weighted by Gasteiger charge is -2.04. The minimum atomic E-state index is 0.217. The Morgan fingerprint density at radius 1 is 1.70 bits per heavy atom. The van der Waals surface area contributed by atoms with Gasteiger partial charge in [0.15, 0.2) is 0 Å². The fraction of sp³-hybridized carbons (Fsp3) is 0.875. The van der Waals surface area contributed by atoms with Crippen molar-refractivity contribution < 1.29 is 4.79 Å². The second-order valence-electron chi connectivity index (χ2n) is 3.15. The van der Waals surface area contributed by atoms with Crippen molar-refractivity contribution in [2.24, 2.45) is 5.92 Å². The average molecular weight is 141 g/mol. The summed E-state index contributed by atoms with van der Waals surface area (Å²) in [6.07, 6.45) is 3.44. The molecule has 10 heavy (non-hydrogen) atoms. The maximum atomic E-state index is 10.5. The summed E-state index contributed by atoms with van der Waals surface area (Å²) in [4.78, 5) is 10.5. The van der Waals surface area contributed by atoms with Crippen molar-refractivity contribution in [1.29, 1.82) is 0 Å². The molecule has 1 N–H and O–H groups in total. The van der Waals surface area contributed by atoms with Crippen LogP contribution in [0.5, 0.6) is 0 Å². The van der Waals surface area contributed by atoms with Gasteiger partial charge in [-0.2, -0.15) is 0 Å². The van der Waals surface area contributed by atoms with Crippen LogP contribution >= 0.6 is 0 Å². The predicted octanol–water partition coefficient (Wildman–Crippen LogP) is 1.31. The summed E-state index contributed by atoms with van der Waals surface area (Å²) in [5, 5.41) is 2.77. The molecule has 1 rings (SSSR count). The molecule has 1 saturated heterocycles. The second kappa shape index (κ2) is 3.04. The highest BCUT2D eigenvalue weighted by atomic mass is 16.2. The maximum absolute atomic E-state index is 10.5. The average Bonchev–Trinajstić information content (AvgIpc) is 2.61. The number of amides is 1. The van der Waals surface area contributed by atoms with Crippen molar-refractivity contribution in [2.75, 3.05) is 0 Å². The van der Waals surface area contributed by atoms with Crippen LogP contribution in [0.25, 0.3) is 0 Å². The number of nitrogens with one attached hydrogen (secondary N) is 1. The van der Waals surface area contributed by atoms with Crippen LogP contribution in [0.15, 0.2) is 0 Å². The third-order valence-electron chi connectivity index (χ3n) is 2.19. The fourth-order valence-electron chi connectivity index (χ4n) is 0.989. The van der Waals surface area contributed by atoms with Crippen molar-refractivity contribution in [3.63, 3.8) is 0 Å². The molecule has 0 spiro atoms. The van der Waals surface area contributed by atoms with Gasteiger partial charge in [0.2, 0.25) is 5.91 Å². The van der Waals surface area contributed by atoms with Crippen molar-refractivity contribution in [1.82, 2.24) is 5.32 Å². The number of rotatable bonds is 4. The molecule has 1 fully saturated rings. The number of hydrogen-bond donors (Lipinski definition) is 1. The van der Waals surface area contributed by atoms with Gasteiger partial charge < -0.3 is 5.32 Å². The maximum Gasteiger partial charge on any atom is 0.243 e. The van der Waals surface area contributed by atoms with E-state index in [0.29, 0.717) is 0 Å². The molecule has 0 bridgehead atoms. The van der Waals surface area contributed by atoms with Gasteiger partial charge in [-0.1, -0.05) is 20.3 Å². The van der Waals surface area contributed by atoms with E-state index in [1.807, 2.05) is 0 Å². The van der Waals surface area contributed by atoms with Gasteiger partial charge in [-0.25, -0.2) is 0 Å². The SMILES string of the molecule is CCC(C)CCC1NC1=O. The molecule has 0 radical (unpaired) electrons. The Morgan fingerprint density at radius 3 is 2.70 bits per heavy atom. The molecule has 0 aromatic heterocycles. The van der Waals surface area contributed by atoms with Crippen LogP contribution in [0.4, 0.5) is 0 Å². The van der Waals surface area contributed by atoms with E-state index in [-0.39, 0.29) is 11.9 Å². The minimum Gasteiger partial charge on any atom is -0.343 e. The molecule has 58 valence electrons. The van der Waals surface area contributed by atoms with Crippen molar-refractivity contribution >= 4 is 5.91 Å². The number of hydrogen-bond acceptors (Lipinski definition) is 1. The molecule has 0 saturated carbocycles. The van der Waals surface area contributed by atoms with Gasteiger partial charge in [-0.15, -0.1) is 0 Å². The van der Waals surface area contributed by atoms with E-state index in [4.69, 9.17) is 0 Å². The smallest absolute Gasteiger partial charge is 0.243 e. The predicted molar refractivity (Wildman–Crippen MR) is 40.6 cm³/mol. The zero-order valence-corrected chi connectivity index (χ0v) is 6.68. The van der Waals surface area contributed by atoms with Gasteiger partial charge in [0.1, 0.15) is 6.04 Å². The van der Waals surface area contributed by atoms with Crippen molar-refractivity contribution in [3.05, 3.63) is 0 Å². The Balaban J connectivity index is 2.00. The van der Waals surface area contributed by atoms with Gasteiger partial charge in [0.25, 0.3) is 0 Å². The summed E-state index contributed by atoms with van der Waals surface area (Å²) in [7, 11) is 0. The molecule has 0 aromatic rings. The molecular weight excluding hydrogens is 126 g/mol. The highest BCUT2D eigenvalue weighted by Crippen LogP contribution is 2.15. The molecule has 2 atom stereocenters. The molecule has 2 heteroatoms. The molecule has 1 aliphatic heterocycles. The molecule has 0 aliphatic carbocycles. The lowest BCUT2D eigenvalue weighted by molar-refractivity contribution is -0.111. The van der Waals surface area contributed by atoms with Crippen LogP contribution in [-0.4, -0.2) is 11.9 Å². The van der Waals surface area contributed by atoms with E-state index in [1.54, 1.807) is 0 Å². The van der Waals surface area contributed by atoms with Gasteiger partial charge in [-0.05, 0) is 18.8 Å². The topological polar surface area (TPSA) is 39.0 Å². The van der Waals surface area contributed by atoms with Gasteiger partial charge >= 0.3 is 0 Å². The normalized spacial score (nSPS) is 25.8. The zero-order chi connectivity index (χ0) is 7.56. The summed E-state index contributed by atoms with van der Waals surface area (Å²) >= 11 is 0. The van der Waals surface area contributed by atoms with E-state index in [9.17, 15) is 4.79 Å². The van der Waals surface area contributed by atoms with Crippen molar-refractivity contribution in [2.45, 2.75) is 39.2 Å². The number of carbonyl (C=O) groups is 1. The fourth-order valence-corrected chi connectivity index (χ4v) is 0.989. The first-order valence-corrected chi connectivity index (χ1v) is 4.04. The highest BCUT2D eigenvalue weighted by Gasteiger charge is 2.32. The summed E-state index contributed by atoms with van der Waals surface area (Å²) in [5.41, 5.74) is 0. The van der Waals surface area contributed by atoms with E-state index in [2.05, 4.69) is 19.2 Å². The molecule has 1 amide bonds. The van der Waals surface area contributed by atoms with Crippen LogP contribution in [-0.2, 0) is 4.79 Å². The van der Waals surface area contributed by atoms with Gasteiger partial charge in [0, 0.05) is 0 Å². The second-order valence-corrected chi connectivity index (χ2v) is 3.15. The first-order valence-electron chi connectivity index (χ1n) is 4.04. The van der Waals surface area contributed by atoms with E-state index >= 15 is 0 Å². The minimum absolute atomic E-state index is 0.217. The highest BCUT2D eigenvalue weighted by molar-refractivity contribution is 5.96. The summed E-state index contributed by atoms with van der Waals surface area (Å²) in [5.74, 6) is 1.01. The summed E-state index contributed by atoms with van der Waals surface area (Å²) in [6.45, 7) is 4.42. The van der Waals surface area contributed by atoms with E-state index in [0.717, 1.165) is 12.3 Å². The summed E-state index contributed by atoms with van der Waals surface area (Å²) in [6, 6.07) is 0.217. The Kier molecular flexibility index (Phi) is 2.30. The van der Waals surface area contributed by atoms with Gasteiger partial charge in [-0.3, -0.25) is 4.79 Å². The van der Waals surface area contributed by atoms with Crippen molar-refractivity contribution in [3.8, 4) is 0 Å². The lowest BCUT2D eigenvalue weighted by atomic mass is 10.0. The lowest BCUT2D eigenvalue weighted by Crippen LogP contribution is -1.97. The van der Waals surface area contributed by atoms with Crippen LogP contribution in [0.3, 0.4) is 0 Å². The van der Waals surface area contributed by atoms with Crippen LogP contribution in [0.2, 0.25) is 0 Å². The monoisotopic (exact) mass is 141 g/mol. The first-order chi connectivity index (χ1) is 4.74. The quantitative estimate of drug-likeness (QED) is 0.589. The first kappa shape index (κ1) is 7.58. The van der Waals surface area contributed by atoms with Crippen LogP contribution < -0.4 is 5.32 Å². The number of carbonyl (C=O) groups excluding carboxylic acids is 1. The molecular formula is C8H15NO. The molecule has 1 heterocycles. The Morgan fingerprint density at radius 2 is 2.30 bits per heavy atom. The third kappa shape index (κ3) is 2.01.